The standard InChI is InChI=1S/C16H26N2O/c1-13-12-14(7-8-16(13)19-2)15(6-5-9-17)18-10-3-4-11-18/h7-8,12,15H,3-6,9-11,17H2,1-2H3. The minimum Gasteiger partial charge on any atom is -0.496 e. The zero-order chi connectivity index (χ0) is 13.7. The first-order chi connectivity index (χ1) is 9.26. The average Bonchev–Trinajstić information content (AvgIpc) is 2.93. The highest BCUT2D eigenvalue weighted by atomic mass is 16.5. The summed E-state index contributed by atoms with van der Waals surface area (Å²) in [5.74, 6) is 0.975. The van der Waals surface area contributed by atoms with Crippen LogP contribution in [0.2, 0.25) is 0 Å². The molecule has 0 bridgehead atoms. The van der Waals surface area contributed by atoms with E-state index in [4.69, 9.17) is 10.5 Å². The van der Waals surface area contributed by atoms with E-state index in [9.17, 15) is 0 Å². The van der Waals surface area contributed by atoms with Crippen LogP contribution in [-0.4, -0.2) is 31.6 Å². The zero-order valence-electron chi connectivity index (χ0n) is 12.2. The number of likely N-dealkylation sites (tertiary alicyclic amines) is 1. The van der Waals surface area contributed by atoms with Gasteiger partial charge >= 0.3 is 0 Å². The first-order valence-electron chi connectivity index (χ1n) is 7.35. The van der Waals surface area contributed by atoms with Gasteiger partial charge in [-0.15, -0.1) is 0 Å². The topological polar surface area (TPSA) is 38.5 Å². The molecule has 2 N–H and O–H groups in total. The number of methoxy groups -OCH3 is 1. The van der Waals surface area contributed by atoms with E-state index in [2.05, 4.69) is 30.0 Å². The summed E-state index contributed by atoms with van der Waals surface area (Å²) in [6.07, 6.45) is 4.90. The lowest BCUT2D eigenvalue weighted by atomic mass is 9.98. The van der Waals surface area contributed by atoms with E-state index in [1.54, 1.807) is 7.11 Å². The van der Waals surface area contributed by atoms with Crippen molar-refractivity contribution in [1.29, 1.82) is 0 Å². The molecule has 3 heteroatoms. The summed E-state index contributed by atoms with van der Waals surface area (Å²) in [7, 11) is 1.73. The molecule has 19 heavy (non-hydrogen) atoms. The second-order valence-corrected chi connectivity index (χ2v) is 5.42. The molecule has 1 aromatic carbocycles. The van der Waals surface area contributed by atoms with Crippen molar-refractivity contribution in [3.63, 3.8) is 0 Å². The number of aryl methyl sites for hydroxylation is 1. The van der Waals surface area contributed by atoms with Crippen molar-refractivity contribution in [2.24, 2.45) is 5.73 Å². The number of rotatable bonds is 6. The molecule has 0 amide bonds. The van der Waals surface area contributed by atoms with Crippen LogP contribution >= 0.6 is 0 Å². The molecule has 1 aliphatic heterocycles. The van der Waals surface area contributed by atoms with Crippen LogP contribution in [0, 0.1) is 6.92 Å². The molecule has 1 atom stereocenters. The molecule has 106 valence electrons. The van der Waals surface area contributed by atoms with Crippen molar-refractivity contribution in [2.45, 2.75) is 38.6 Å². The molecule has 2 rings (SSSR count). The van der Waals surface area contributed by atoms with E-state index >= 15 is 0 Å². The highest BCUT2D eigenvalue weighted by Crippen LogP contribution is 2.31. The maximum absolute atomic E-state index is 5.69. The molecule has 1 saturated heterocycles. The minimum atomic E-state index is 0.524. The minimum absolute atomic E-state index is 0.524. The van der Waals surface area contributed by atoms with Crippen LogP contribution in [0.4, 0.5) is 0 Å². The van der Waals surface area contributed by atoms with Crippen molar-refractivity contribution in [3.05, 3.63) is 29.3 Å². The lowest BCUT2D eigenvalue weighted by Gasteiger charge is -2.28. The summed E-state index contributed by atoms with van der Waals surface area (Å²) < 4.78 is 5.35. The molecule has 0 spiro atoms. The Morgan fingerprint density at radius 3 is 2.63 bits per heavy atom. The molecule has 1 fully saturated rings. The maximum atomic E-state index is 5.69. The largest absolute Gasteiger partial charge is 0.496 e. The predicted octanol–water partition coefficient (Wildman–Crippen LogP) is 2.88. The Kier molecular flexibility index (Phi) is 5.23. The monoisotopic (exact) mass is 262 g/mol. The Labute approximate surface area is 116 Å². The van der Waals surface area contributed by atoms with Gasteiger partial charge in [0.1, 0.15) is 5.75 Å². The highest BCUT2D eigenvalue weighted by molar-refractivity contribution is 5.37. The number of nitrogens with zero attached hydrogens (tertiary/aromatic N) is 1. The Morgan fingerprint density at radius 2 is 2.05 bits per heavy atom. The molecule has 0 aliphatic carbocycles. The van der Waals surface area contributed by atoms with Gasteiger partial charge in [-0.25, -0.2) is 0 Å². The fraction of sp³-hybridized carbons (Fsp3) is 0.625. The van der Waals surface area contributed by atoms with E-state index in [1.807, 2.05) is 0 Å². The van der Waals surface area contributed by atoms with Crippen LogP contribution in [0.5, 0.6) is 5.75 Å². The molecule has 3 nitrogen and oxygen atoms in total. The molecular weight excluding hydrogens is 236 g/mol. The average molecular weight is 262 g/mol. The Balaban J connectivity index is 2.18. The van der Waals surface area contributed by atoms with Crippen molar-refractivity contribution >= 4 is 0 Å². The van der Waals surface area contributed by atoms with Gasteiger partial charge in [0.25, 0.3) is 0 Å². The molecule has 1 aromatic rings. The Morgan fingerprint density at radius 1 is 1.32 bits per heavy atom. The van der Waals surface area contributed by atoms with Crippen LogP contribution in [0.3, 0.4) is 0 Å². The van der Waals surface area contributed by atoms with Gasteiger partial charge in [0.15, 0.2) is 0 Å². The van der Waals surface area contributed by atoms with Gasteiger partial charge < -0.3 is 10.5 Å². The van der Waals surface area contributed by atoms with Crippen molar-refractivity contribution in [1.82, 2.24) is 4.90 Å². The van der Waals surface area contributed by atoms with Gasteiger partial charge in [-0.05, 0) is 69.4 Å². The number of benzene rings is 1. The van der Waals surface area contributed by atoms with Crippen LogP contribution in [0.15, 0.2) is 18.2 Å². The van der Waals surface area contributed by atoms with Gasteiger partial charge in [-0.3, -0.25) is 4.90 Å². The molecule has 0 radical (unpaired) electrons. The number of hydrogen-bond donors (Lipinski definition) is 1. The SMILES string of the molecule is COc1ccc(C(CCCN)N2CCCC2)cc1C. The normalized spacial score (nSPS) is 17.6. The summed E-state index contributed by atoms with van der Waals surface area (Å²) in [6, 6.07) is 7.11. The van der Waals surface area contributed by atoms with E-state index in [-0.39, 0.29) is 0 Å². The summed E-state index contributed by atoms with van der Waals surface area (Å²) >= 11 is 0. The molecule has 1 heterocycles. The third kappa shape index (κ3) is 3.48. The van der Waals surface area contributed by atoms with Gasteiger partial charge in [-0.2, -0.15) is 0 Å². The number of nitrogens with two attached hydrogens (primary N) is 1. The summed E-state index contributed by atoms with van der Waals surface area (Å²) in [5, 5.41) is 0. The third-order valence-corrected chi connectivity index (χ3v) is 4.07. The van der Waals surface area contributed by atoms with Gasteiger partial charge in [0.2, 0.25) is 0 Å². The van der Waals surface area contributed by atoms with Crippen LogP contribution in [0.1, 0.15) is 42.9 Å². The molecule has 1 unspecified atom stereocenters. The zero-order valence-corrected chi connectivity index (χ0v) is 12.2. The van der Waals surface area contributed by atoms with Crippen molar-refractivity contribution < 1.29 is 4.74 Å². The van der Waals surface area contributed by atoms with E-state index in [1.165, 1.54) is 37.1 Å². The van der Waals surface area contributed by atoms with Crippen LogP contribution in [-0.2, 0) is 0 Å². The van der Waals surface area contributed by atoms with Crippen molar-refractivity contribution in [2.75, 3.05) is 26.7 Å². The van der Waals surface area contributed by atoms with E-state index in [0.717, 1.165) is 25.1 Å². The predicted molar refractivity (Wildman–Crippen MR) is 79.6 cm³/mol. The highest BCUT2D eigenvalue weighted by Gasteiger charge is 2.23. The smallest absolute Gasteiger partial charge is 0.121 e. The number of ether oxygens (including phenoxy) is 1. The maximum Gasteiger partial charge on any atom is 0.121 e. The number of hydrogen-bond acceptors (Lipinski definition) is 3. The Bertz CT molecular complexity index is 400. The van der Waals surface area contributed by atoms with Gasteiger partial charge in [-0.1, -0.05) is 12.1 Å². The fourth-order valence-electron chi connectivity index (χ4n) is 3.03. The second-order valence-electron chi connectivity index (χ2n) is 5.42. The summed E-state index contributed by atoms with van der Waals surface area (Å²) in [6.45, 7) is 5.34. The lowest BCUT2D eigenvalue weighted by Crippen LogP contribution is -2.26. The third-order valence-electron chi connectivity index (χ3n) is 4.07. The molecule has 1 aliphatic rings. The van der Waals surface area contributed by atoms with Crippen LogP contribution in [0.25, 0.3) is 0 Å². The summed E-state index contributed by atoms with van der Waals surface area (Å²) in [5.41, 5.74) is 8.32. The second kappa shape index (κ2) is 6.92. The lowest BCUT2D eigenvalue weighted by molar-refractivity contribution is 0.230. The van der Waals surface area contributed by atoms with Gasteiger partial charge in [0, 0.05) is 6.04 Å². The molecular formula is C16H26N2O. The quantitative estimate of drug-likeness (QED) is 0.856. The first kappa shape index (κ1) is 14.4. The fourth-order valence-corrected chi connectivity index (χ4v) is 3.03. The van der Waals surface area contributed by atoms with E-state index < -0.39 is 0 Å². The van der Waals surface area contributed by atoms with Crippen molar-refractivity contribution in [3.8, 4) is 5.75 Å². The van der Waals surface area contributed by atoms with Crippen LogP contribution < -0.4 is 10.5 Å². The first-order valence-corrected chi connectivity index (χ1v) is 7.35. The molecule has 0 aromatic heterocycles. The Hall–Kier alpha value is -1.06. The summed E-state index contributed by atoms with van der Waals surface area (Å²) in [4.78, 5) is 2.61. The molecule has 0 saturated carbocycles. The van der Waals surface area contributed by atoms with E-state index in [0.29, 0.717) is 6.04 Å². The van der Waals surface area contributed by atoms with Gasteiger partial charge in [0.05, 0.1) is 7.11 Å².